The summed E-state index contributed by atoms with van der Waals surface area (Å²) in [7, 11) is 1.56. The second-order valence-corrected chi connectivity index (χ2v) is 5.83. The third kappa shape index (κ3) is 4.52. The number of hydrogen-bond donors (Lipinski definition) is 1. The molecule has 1 aromatic heterocycles. The smallest absolute Gasteiger partial charge is 0.339 e. The van der Waals surface area contributed by atoms with Gasteiger partial charge >= 0.3 is 5.97 Å². The second-order valence-electron chi connectivity index (χ2n) is 5.83. The minimum absolute atomic E-state index is 0.146. The lowest BCUT2D eigenvalue weighted by atomic mass is 10.1. The van der Waals surface area contributed by atoms with Crippen molar-refractivity contribution < 1.29 is 19.1 Å². The van der Waals surface area contributed by atoms with Gasteiger partial charge in [-0.05, 0) is 39.0 Å². The van der Waals surface area contributed by atoms with Crippen LogP contribution in [-0.2, 0) is 14.3 Å². The molecule has 0 aliphatic rings. The first-order valence-electron chi connectivity index (χ1n) is 7.74. The number of nitrogens with zero attached hydrogens (tertiary/aromatic N) is 1. The molecule has 6 heteroatoms. The number of nitrogens with one attached hydrogen (secondary N) is 1. The average Bonchev–Trinajstić information content (AvgIpc) is 2.52. The fraction of sp³-hybridized carbons (Fsp3) is 0.389. The van der Waals surface area contributed by atoms with E-state index >= 15 is 0 Å². The van der Waals surface area contributed by atoms with Crippen LogP contribution in [-0.4, -0.2) is 43.2 Å². The molecule has 0 fully saturated rings. The van der Waals surface area contributed by atoms with E-state index in [1.165, 1.54) is 0 Å². The molecule has 0 aliphatic heterocycles. The zero-order valence-corrected chi connectivity index (χ0v) is 14.4. The number of aryl methyl sites for hydroxylation is 2. The van der Waals surface area contributed by atoms with Crippen molar-refractivity contribution in [2.75, 3.05) is 20.3 Å². The normalized spacial score (nSPS) is 12.0. The van der Waals surface area contributed by atoms with E-state index in [-0.39, 0.29) is 18.6 Å². The number of esters is 1. The Bertz CT molecular complexity index is 758. The zero-order valence-electron chi connectivity index (χ0n) is 14.4. The van der Waals surface area contributed by atoms with Crippen LogP contribution in [0, 0.1) is 13.8 Å². The Hall–Kier alpha value is -2.47. The van der Waals surface area contributed by atoms with Gasteiger partial charge in [-0.2, -0.15) is 0 Å². The Morgan fingerprint density at radius 1 is 1.25 bits per heavy atom. The first kappa shape index (κ1) is 17.9. The maximum Gasteiger partial charge on any atom is 0.339 e. The Labute approximate surface area is 141 Å². The molecule has 1 atom stereocenters. The molecule has 1 heterocycles. The molecule has 0 aliphatic carbocycles. The lowest BCUT2D eigenvalue weighted by Gasteiger charge is -2.13. The van der Waals surface area contributed by atoms with Crippen molar-refractivity contribution >= 4 is 22.8 Å². The number of carbonyl (C=O) groups excluding carboxylic acids is 2. The summed E-state index contributed by atoms with van der Waals surface area (Å²) in [5.41, 5.74) is 2.88. The van der Waals surface area contributed by atoms with Gasteiger partial charge in [-0.15, -0.1) is 0 Å². The van der Waals surface area contributed by atoms with Crippen LogP contribution in [0.2, 0.25) is 0 Å². The average molecular weight is 330 g/mol. The Balaban J connectivity index is 2.11. The summed E-state index contributed by atoms with van der Waals surface area (Å²) in [6.45, 7) is 5.63. The first-order chi connectivity index (χ1) is 11.4. The van der Waals surface area contributed by atoms with Gasteiger partial charge in [0.25, 0.3) is 5.91 Å². The number of carbonyl (C=O) groups is 2. The predicted octanol–water partition coefficient (Wildman–Crippen LogP) is 2.16. The van der Waals surface area contributed by atoms with Gasteiger partial charge in [0.2, 0.25) is 0 Å². The molecule has 0 saturated heterocycles. The lowest BCUT2D eigenvalue weighted by molar-refractivity contribution is -0.125. The topological polar surface area (TPSA) is 77.5 Å². The maximum absolute atomic E-state index is 12.4. The summed E-state index contributed by atoms with van der Waals surface area (Å²) in [5, 5.41) is 3.41. The number of hydrogen-bond acceptors (Lipinski definition) is 5. The fourth-order valence-electron chi connectivity index (χ4n) is 2.46. The van der Waals surface area contributed by atoms with E-state index in [2.05, 4.69) is 10.3 Å². The number of benzene rings is 1. The van der Waals surface area contributed by atoms with E-state index in [0.717, 1.165) is 22.2 Å². The Morgan fingerprint density at radius 3 is 2.71 bits per heavy atom. The van der Waals surface area contributed by atoms with Gasteiger partial charge in [0.1, 0.15) is 0 Å². The van der Waals surface area contributed by atoms with Crippen molar-refractivity contribution in [3.63, 3.8) is 0 Å². The van der Waals surface area contributed by atoms with E-state index in [9.17, 15) is 9.59 Å². The molecule has 24 heavy (non-hydrogen) atoms. The third-order valence-electron chi connectivity index (χ3n) is 3.47. The molecular formula is C18H22N2O4. The Kier molecular flexibility index (Phi) is 5.87. The van der Waals surface area contributed by atoms with Gasteiger partial charge in [0.15, 0.2) is 6.61 Å². The van der Waals surface area contributed by atoms with Gasteiger partial charge < -0.3 is 14.8 Å². The van der Waals surface area contributed by atoms with Gasteiger partial charge in [-0.1, -0.05) is 11.6 Å². The molecule has 0 radical (unpaired) electrons. The maximum atomic E-state index is 12.4. The van der Waals surface area contributed by atoms with Crippen molar-refractivity contribution in [3.05, 3.63) is 41.1 Å². The second kappa shape index (κ2) is 7.88. The molecule has 0 saturated carbocycles. The van der Waals surface area contributed by atoms with Crippen molar-refractivity contribution in [1.82, 2.24) is 10.3 Å². The van der Waals surface area contributed by atoms with Crippen LogP contribution in [0.4, 0.5) is 0 Å². The van der Waals surface area contributed by atoms with E-state index < -0.39 is 5.97 Å². The number of pyridine rings is 1. The standard InChI is InChI=1S/C18H22N2O4/c1-11-5-6-16-14(7-11)15(8-12(2)19-16)18(22)24-10-17(21)20-13(3)9-23-4/h5-8,13H,9-10H2,1-4H3,(H,20,21). The Morgan fingerprint density at radius 2 is 2.00 bits per heavy atom. The van der Waals surface area contributed by atoms with Crippen molar-refractivity contribution in [1.29, 1.82) is 0 Å². The summed E-state index contributed by atoms with van der Waals surface area (Å²) in [4.78, 5) is 28.6. The van der Waals surface area contributed by atoms with E-state index in [1.807, 2.05) is 39.0 Å². The zero-order chi connectivity index (χ0) is 17.7. The third-order valence-corrected chi connectivity index (χ3v) is 3.47. The number of ether oxygens (including phenoxy) is 2. The largest absolute Gasteiger partial charge is 0.452 e. The SMILES string of the molecule is COCC(C)NC(=O)COC(=O)c1cc(C)nc2ccc(C)cc12. The molecule has 1 N–H and O–H groups in total. The van der Waals surface area contributed by atoms with Crippen LogP contribution < -0.4 is 5.32 Å². The molecule has 2 aromatic rings. The monoisotopic (exact) mass is 330 g/mol. The van der Waals surface area contributed by atoms with Gasteiger partial charge in [0.05, 0.1) is 17.7 Å². The molecular weight excluding hydrogens is 308 g/mol. The summed E-state index contributed by atoms with van der Waals surface area (Å²) >= 11 is 0. The number of methoxy groups -OCH3 is 1. The molecule has 1 unspecified atom stereocenters. The summed E-state index contributed by atoms with van der Waals surface area (Å²) < 4.78 is 10.1. The summed E-state index contributed by atoms with van der Waals surface area (Å²) in [5.74, 6) is -0.898. The predicted molar refractivity (Wildman–Crippen MR) is 91.0 cm³/mol. The molecule has 6 nitrogen and oxygen atoms in total. The van der Waals surface area contributed by atoms with Crippen LogP contribution in [0.25, 0.3) is 10.9 Å². The minimum Gasteiger partial charge on any atom is -0.452 e. The van der Waals surface area contributed by atoms with E-state index in [0.29, 0.717) is 12.2 Å². The molecule has 1 aromatic carbocycles. The van der Waals surface area contributed by atoms with Crippen LogP contribution in [0.3, 0.4) is 0 Å². The highest BCUT2D eigenvalue weighted by atomic mass is 16.5. The number of fused-ring (bicyclic) bond motifs is 1. The van der Waals surface area contributed by atoms with Crippen molar-refractivity contribution in [2.24, 2.45) is 0 Å². The highest BCUT2D eigenvalue weighted by Crippen LogP contribution is 2.20. The molecule has 0 spiro atoms. The highest BCUT2D eigenvalue weighted by Gasteiger charge is 2.16. The molecule has 1 amide bonds. The van der Waals surface area contributed by atoms with Gasteiger partial charge in [-0.3, -0.25) is 9.78 Å². The molecule has 128 valence electrons. The van der Waals surface area contributed by atoms with E-state index in [1.54, 1.807) is 13.2 Å². The fourth-order valence-corrected chi connectivity index (χ4v) is 2.46. The van der Waals surface area contributed by atoms with Crippen LogP contribution in [0.1, 0.15) is 28.5 Å². The van der Waals surface area contributed by atoms with Gasteiger partial charge in [0, 0.05) is 24.2 Å². The summed E-state index contributed by atoms with van der Waals surface area (Å²) in [6.07, 6.45) is 0. The minimum atomic E-state index is -0.536. The van der Waals surface area contributed by atoms with Crippen LogP contribution >= 0.6 is 0 Å². The number of rotatable bonds is 6. The van der Waals surface area contributed by atoms with E-state index in [4.69, 9.17) is 9.47 Å². The van der Waals surface area contributed by atoms with Crippen LogP contribution in [0.15, 0.2) is 24.3 Å². The lowest BCUT2D eigenvalue weighted by Crippen LogP contribution is -2.38. The number of amides is 1. The quantitative estimate of drug-likeness (QED) is 0.821. The number of aromatic nitrogens is 1. The van der Waals surface area contributed by atoms with Crippen molar-refractivity contribution in [3.8, 4) is 0 Å². The summed E-state index contributed by atoms with van der Waals surface area (Å²) in [6, 6.07) is 7.23. The molecule has 0 bridgehead atoms. The van der Waals surface area contributed by atoms with Crippen LogP contribution in [0.5, 0.6) is 0 Å². The highest BCUT2D eigenvalue weighted by molar-refractivity contribution is 6.04. The van der Waals surface area contributed by atoms with Crippen molar-refractivity contribution in [2.45, 2.75) is 26.8 Å². The first-order valence-corrected chi connectivity index (χ1v) is 7.74. The van der Waals surface area contributed by atoms with Gasteiger partial charge in [-0.25, -0.2) is 4.79 Å². The molecule has 2 rings (SSSR count).